The van der Waals surface area contributed by atoms with Crippen molar-refractivity contribution in [2.45, 2.75) is 6.54 Å². The van der Waals surface area contributed by atoms with E-state index in [4.69, 9.17) is 22.6 Å². The van der Waals surface area contributed by atoms with Crippen LogP contribution in [0.2, 0.25) is 5.02 Å². The fourth-order valence-corrected chi connectivity index (χ4v) is 1.93. The lowest BCUT2D eigenvalue weighted by Gasteiger charge is -2.07. The molecule has 2 N–H and O–H groups in total. The second-order valence-corrected chi connectivity index (χ2v) is 4.26. The van der Waals surface area contributed by atoms with Gasteiger partial charge in [-0.25, -0.2) is 4.39 Å². The van der Waals surface area contributed by atoms with Gasteiger partial charge in [-0.2, -0.15) is 5.26 Å². The number of rotatable bonds is 2. The molecule has 2 nitrogen and oxygen atoms in total. The van der Waals surface area contributed by atoms with E-state index in [1.807, 2.05) is 6.07 Å². The highest BCUT2D eigenvalue weighted by Crippen LogP contribution is 2.26. The maximum absolute atomic E-state index is 13.4. The summed E-state index contributed by atoms with van der Waals surface area (Å²) in [6.07, 6.45) is 0. The van der Waals surface area contributed by atoms with E-state index < -0.39 is 5.82 Å². The minimum Gasteiger partial charge on any atom is -0.326 e. The molecule has 0 aromatic heterocycles. The lowest BCUT2D eigenvalue weighted by Crippen LogP contribution is -1.97. The number of nitrogens with two attached hydrogens (primary N) is 1. The van der Waals surface area contributed by atoms with Crippen molar-refractivity contribution >= 4 is 11.6 Å². The fourth-order valence-electron chi connectivity index (χ4n) is 1.73. The largest absolute Gasteiger partial charge is 0.326 e. The fraction of sp³-hybridized carbons (Fsp3) is 0.0714. The van der Waals surface area contributed by atoms with Crippen molar-refractivity contribution in [2.24, 2.45) is 5.73 Å². The molecule has 2 rings (SSSR count). The van der Waals surface area contributed by atoms with E-state index in [0.29, 0.717) is 17.1 Å². The summed E-state index contributed by atoms with van der Waals surface area (Å²) in [4.78, 5) is 0. The Hall–Kier alpha value is -1.89. The van der Waals surface area contributed by atoms with Crippen molar-refractivity contribution < 1.29 is 4.39 Å². The molecule has 4 heteroatoms. The SMILES string of the molecule is N#Cc1cc(F)cc(-c2ccc(Cl)c(CN)c2)c1. The summed E-state index contributed by atoms with van der Waals surface area (Å²) in [6, 6.07) is 11.4. The molecule has 0 amide bonds. The van der Waals surface area contributed by atoms with Crippen LogP contribution in [0, 0.1) is 17.1 Å². The molecule has 0 saturated heterocycles. The molecule has 2 aromatic rings. The third-order valence-electron chi connectivity index (χ3n) is 2.63. The lowest BCUT2D eigenvalue weighted by atomic mass is 10.0. The van der Waals surface area contributed by atoms with Gasteiger partial charge in [0, 0.05) is 11.6 Å². The third kappa shape index (κ3) is 2.51. The van der Waals surface area contributed by atoms with E-state index in [1.54, 1.807) is 24.3 Å². The third-order valence-corrected chi connectivity index (χ3v) is 2.99. The lowest BCUT2D eigenvalue weighted by molar-refractivity contribution is 0.628. The zero-order valence-corrected chi connectivity index (χ0v) is 10.2. The standard InChI is InChI=1S/C14H10ClFN2/c15-14-2-1-10(5-12(14)8-18)11-3-9(7-17)4-13(16)6-11/h1-6H,8,18H2. The monoisotopic (exact) mass is 260 g/mol. The maximum Gasteiger partial charge on any atom is 0.125 e. The van der Waals surface area contributed by atoms with Crippen molar-refractivity contribution in [1.82, 2.24) is 0 Å². The van der Waals surface area contributed by atoms with Crippen LogP contribution in [0.15, 0.2) is 36.4 Å². The first-order valence-electron chi connectivity index (χ1n) is 5.33. The van der Waals surface area contributed by atoms with Gasteiger partial charge in [0.25, 0.3) is 0 Å². The smallest absolute Gasteiger partial charge is 0.125 e. The minimum atomic E-state index is -0.437. The van der Waals surface area contributed by atoms with Gasteiger partial charge in [-0.3, -0.25) is 0 Å². The Kier molecular flexibility index (Phi) is 3.61. The van der Waals surface area contributed by atoms with Crippen LogP contribution in [0.1, 0.15) is 11.1 Å². The molecule has 0 bridgehead atoms. The normalized spacial score (nSPS) is 10.1. The molecular weight excluding hydrogens is 251 g/mol. The molecule has 90 valence electrons. The van der Waals surface area contributed by atoms with Gasteiger partial charge < -0.3 is 5.73 Å². The van der Waals surface area contributed by atoms with Crippen LogP contribution in [0.3, 0.4) is 0 Å². The van der Waals surface area contributed by atoms with Crippen LogP contribution in [-0.4, -0.2) is 0 Å². The molecule has 0 spiro atoms. The van der Waals surface area contributed by atoms with Gasteiger partial charge in [0.2, 0.25) is 0 Å². The van der Waals surface area contributed by atoms with Gasteiger partial charge in [0.1, 0.15) is 5.82 Å². The first-order chi connectivity index (χ1) is 8.63. The molecule has 0 heterocycles. The number of halogens is 2. The van der Waals surface area contributed by atoms with Crippen LogP contribution in [-0.2, 0) is 6.54 Å². The van der Waals surface area contributed by atoms with Gasteiger partial charge in [-0.15, -0.1) is 0 Å². The van der Waals surface area contributed by atoms with Crippen molar-refractivity contribution in [3.63, 3.8) is 0 Å². The first kappa shape index (κ1) is 12.6. The van der Waals surface area contributed by atoms with E-state index in [0.717, 1.165) is 11.1 Å². The molecule has 0 saturated carbocycles. The second kappa shape index (κ2) is 5.18. The van der Waals surface area contributed by atoms with E-state index in [-0.39, 0.29) is 5.56 Å². The van der Waals surface area contributed by atoms with Gasteiger partial charge in [-0.05, 0) is 47.0 Å². The summed E-state index contributed by atoms with van der Waals surface area (Å²) in [5.74, 6) is -0.437. The summed E-state index contributed by atoms with van der Waals surface area (Å²) in [5, 5.41) is 9.40. The van der Waals surface area contributed by atoms with Crippen molar-refractivity contribution in [3.05, 3.63) is 58.4 Å². The molecule has 0 aliphatic carbocycles. The van der Waals surface area contributed by atoms with Gasteiger partial charge >= 0.3 is 0 Å². The van der Waals surface area contributed by atoms with Gasteiger partial charge in [0.05, 0.1) is 11.6 Å². The highest BCUT2D eigenvalue weighted by atomic mass is 35.5. The van der Waals surface area contributed by atoms with Crippen LogP contribution in [0.25, 0.3) is 11.1 Å². The minimum absolute atomic E-state index is 0.286. The average molecular weight is 261 g/mol. The van der Waals surface area contributed by atoms with Gasteiger partial charge in [-0.1, -0.05) is 17.7 Å². The van der Waals surface area contributed by atoms with Crippen LogP contribution in [0.4, 0.5) is 4.39 Å². The van der Waals surface area contributed by atoms with Crippen molar-refractivity contribution in [3.8, 4) is 17.2 Å². The molecule has 0 atom stereocenters. The van der Waals surface area contributed by atoms with E-state index in [1.165, 1.54) is 12.1 Å². The average Bonchev–Trinajstić information content (AvgIpc) is 2.38. The van der Waals surface area contributed by atoms with Crippen molar-refractivity contribution in [2.75, 3.05) is 0 Å². The van der Waals surface area contributed by atoms with E-state index >= 15 is 0 Å². The van der Waals surface area contributed by atoms with E-state index in [2.05, 4.69) is 0 Å². The summed E-state index contributed by atoms with van der Waals surface area (Å²) >= 11 is 5.97. The zero-order valence-electron chi connectivity index (χ0n) is 9.45. The highest BCUT2D eigenvalue weighted by Gasteiger charge is 2.06. The Morgan fingerprint density at radius 3 is 2.61 bits per heavy atom. The molecule has 18 heavy (non-hydrogen) atoms. The molecule has 2 aromatic carbocycles. The van der Waals surface area contributed by atoms with Gasteiger partial charge in [0.15, 0.2) is 0 Å². The molecule has 0 radical (unpaired) electrons. The summed E-state index contributed by atoms with van der Waals surface area (Å²) in [7, 11) is 0. The van der Waals surface area contributed by atoms with Crippen molar-refractivity contribution in [1.29, 1.82) is 5.26 Å². The topological polar surface area (TPSA) is 49.8 Å². The maximum atomic E-state index is 13.4. The summed E-state index contributed by atoms with van der Waals surface area (Å²) in [6.45, 7) is 0.313. The first-order valence-corrected chi connectivity index (χ1v) is 5.71. The number of nitrogens with zero attached hydrogens (tertiary/aromatic N) is 1. The number of hydrogen-bond acceptors (Lipinski definition) is 2. The number of hydrogen-bond donors (Lipinski definition) is 1. The van der Waals surface area contributed by atoms with E-state index in [9.17, 15) is 4.39 Å². The Balaban J connectivity index is 2.55. The molecule has 0 aliphatic rings. The number of nitriles is 1. The second-order valence-electron chi connectivity index (χ2n) is 3.85. The Bertz CT molecular complexity index is 632. The summed E-state index contributed by atoms with van der Waals surface area (Å²) in [5.41, 5.74) is 8.07. The Morgan fingerprint density at radius 1 is 1.17 bits per heavy atom. The van der Waals surface area contributed by atoms with Crippen LogP contribution < -0.4 is 5.73 Å². The Morgan fingerprint density at radius 2 is 1.94 bits per heavy atom. The number of benzene rings is 2. The molecular formula is C14H10ClFN2. The van der Waals surface area contributed by atoms with Crippen LogP contribution in [0.5, 0.6) is 0 Å². The predicted octanol–water partition coefficient (Wildman–Crippen LogP) is 3.48. The predicted molar refractivity (Wildman–Crippen MR) is 69.5 cm³/mol. The zero-order chi connectivity index (χ0) is 13.1. The molecule has 0 fully saturated rings. The highest BCUT2D eigenvalue weighted by molar-refractivity contribution is 6.31. The molecule has 0 unspecified atom stereocenters. The molecule has 0 aliphatic heterocycles. The Labute approximate surface area is 109 Å². The van der Waals surface area contributed by atoms with Crippen LogP contribution >= 0.6 is 11.6 Å². The summed E-state index contributed by atoms with van der Waals surface area (Å²) < 4.78 is 13.4. The quantitative estimate of drug-likeness (QED) is 0.899.